The Labute approximate surface area is 317 Å². The summed E-state index contributed by atoms with van der Waals surface area (Å²) < 4.78 is 14.2. The Balaban J connectivity index is 1.73. The summed E-state index contributed by atoms with van der Waals surface area (Å²) >= 11 is 0. The molecule has 0 radical (unpaired) electrons. The molecule has 1 saturated heterocycles. The molecule has 2 atom stereocenters. The number of nitro groups is 1. The van der Waals surface area contributed by atoms with Crippen LogP contribution in [-0.4, -0.2) is 118 Å². The lowest BCUT2D eigenvalue weighted by Crippen LogP contribution is -2.70. The van der Waals surface area contributed by atoms with Gasteiger partial charge in [-0.1, -0.05) is 37.6 Å². The number of nitrogens with zero attached hydrogens (tertiary/aromatic N) is 7. The second kappa shape index (κ2) is 20.9. The van der Waals surface area contributed by atoms with E-state index < -0.39 is 77.7 Å². The van der Waals surface area contributed by atoms with Crippen molar-refractivity contribution >= 4 is 41.4 Å². The van der Waals surface area contributed by atoms with Crippen molar-refractivity contribution in [3.8, 4) is 0 Å². The smallest absolute Gasteiger partial charge is 0.335 e. The number of aryl methyl sites for hydroxylation is 2. The molecule has 18 nitrogen and oxygen atoms in total. The van der Waals surface area contributed by atoms with Crippen LogP contribution in [0, 0.1) is 15.5 Å². The molecule has 3 rings (SSSR count). The zero-order chi connectivity index (χ0) is 40.7. The van der Waals surface area contributed by atoms with Crippen LogP contribution in [0.25, 0.3) is 0 Å². The van der Waals surface area contributed by atoms with Crippen LogP contribution in [0.5, 0.6) is 0 Å². The average Bonchev–Trinajstić information content (AvgIpc) is 3.60. The van der Waals surface area contributed by atoms with Crippen molar-refractivity contribution in [1.29, 1.82) is 0 Å². The minimum absolute atomic E-state index is 0.0511. The van der Waals surface area contributed by atoms with Crippen molar-refractivity contribution in [1.82, 2.24) is 29.7 Å². The molecule has 0 aliphatic carbocycles. The number of barbiturate groups is 1. The summed E-state index contributed by atoms with van der Waals surface area (Å²) in [5.74, 6) is -6.71. The molecule has 1 aromatic carbocycles. The maximum absolute atomic E-state index is 13.9. The maximum atomic E-state index is 13.9. The molecule has 2 heterocycles. The average molecular weight is 776 g/mol. The molecule has 19 heteroatoms. The third kappa shape index (κ3) is 11.6. The van der Waals surface area contributed by atoms with Gasteiger partial charge in [0.25, 0.3) is 5.69 Å². The third-order valence-electron chi connectivity index (χ3n) is 9.97. The van der Waals surface area contributed by atoms with Gasteiger partial charge in [0, 0.05) is 37.8 Å². The Morgan fingerprint density at radius 1 is 0.873 bits per heavy atom. The first-order chi connectivity index (χ1) is 26.2. The molecule has 2 aromatic rings. The van der Waals surface area contributed by atoms with Crippen LogP contribution >= 0.6 is 0 Å². The van der Waals surface area contributed by atoms with Crippen molar-refractivity contribution in [2.45, 2.75) is 116 Å². The number of carbonyl (C=O) groups is 6. The zero-order valence-corrected chi connectivity index (χ0v) is 31.2. The highest BCUT2D eigenvalue weighted by atomic mass is 19.1. The second-order valence-electron chi connectivity index (χ2n) is 13.6. The van der Waals surface area contributed by atoms with Gasteiger partial charge in [0.1, 0.15) is 17.5 Å². The number of aliphatic carboxylic acids is 3. The van der Waals surface area contributed by atoms with Crippen LogP contribution in [0.3, 0.4) is 0 Å². The van der Waals surface area contributed by atoms with E-state index in [2.05, 4.69) is 15.2 Å². The number of halogens is 1. The standard InChI is InChI=1S/C36H50FN7O11/c1-3-36(4-2)33(51)42(35(53)43(34(36)52)29(32(49)50)17-18-30(45)46)28(31(47)48)12-6-9-21-40(23-25-13-15-27(16-14-25)44(54)55)20-7-5-8-22-41-24-26(38-39-41)11-10-19-37/h13-16,24,28-29H,3-12,17-23H2,1-2H3,(H,45,46)(H,47,48)(H,49,50)/t28-,29-/m0/s1. The van der Waals surface area contributed by atoms with Gasteiger partial charge in [-0.25, -0.2) is 24.2 Å². The number of carboxylic acids is 3. The van der Waals surface area contributed by atoms with Crippen molar-refractivity contribution < 1.29 is 53.4 Å². The van der Waals surface area contributed by atoms with Crippen LogP contribution in [-0.2, 0) is 43.5 Å². The highest BCUT2D eigenvalue weighted by Crippen LogP contribution is 2.39. The van der Waals surface area contributed by atoms with Crippen molar-refractivity contribution in [2.24, 2.45) is 5.41 Å². The first kappa shape index (κ1) is 44.1. The predicted octanol–water partition coefficient (Wildman–Crippen LogP) is 4.30. The van der Waals surface area contributed by atoms with E-state index in [9.17, 15) is 53.5 Å². The molecule has 0 spiro atoms. The minimum Gasteiger partial charge on any atom is -0.481 e. The number of benzene rings is 1. The number of carboxylic acid groups (broad SMARTS) is 3. The van der Waals surface area contributed by atoms with E-state index in [0.717, 1.165) is 30.5 Å². The van der Waals surface area contributed by atoms with Gasteiger partial charge >= 0.3 is 23.9 Å². The van der Waals surface area contributed by atoms with E-state index in [1.807, 2.05) is 0 Å². The molecule has 0 saturated carbocycles. The summed E-state index contributed by atoms with van der Waals surface area (Å²) in [7, 11) is 0. The van der Waals surface area contributed by atoms with Crippen LogP contribution in [0.15, 0.2) is 30.5 Å². The molecule has 0 bridgehead atoms. The van der Waals surface area contributed by atoms with Gasteiger partial charge in [-0.2, -0.15) is 0 Å². The van der Waals surface area contributed by atoms with Crippen molar-refractivity contribution in [3.05, 3.63) is 51.8 Å². The fourth-order valence-corrected chi connectivity index (χ4v) is 6.75. The highest BCUT2D eigenvalue weighted by Gasteiger charge is 2.59. The van der Waals surface area contributed by atoms with Gasteiger partial charge in [0.15, 0.2) is 0 Å². The summed E-state index contributed by atoms with van der Waals surface area (Å²) in [4.78, 5) is 91.1. The number of rotatable bonds is 26. The number of hydrogen-bond donors (Lipinski definition) is 3. The van der Waals surface area contributed by atoms with Crippen LogP contribution in [0.4, 0.5) is 14.9 Å². The van der Waals surface area contributed by atoms with Crippen LogP contribution < -0.4 is 0 Å². The van der Waals surface area contributed by atoms with Crippen LogP contribution in [0.1, 0.15) is 95.7 Å². The molecule has 1 fully saturated rings. The van der Waals surface area contributed by atoms with E-state index in [-0.39, 0.29) is 31.4 Å². The molecule has 4 amide bonds. The SMILES string of the molecule is CCC1(CC)C(=O)N([C@@H](CCCCN(CCCCCn2cc(CCCF)nn2)Cc2ccc([N+](=O)[O-])cc2)C(=O)O)C(=O)N([C@@H](CCC(=O)O)C(=O)O)C1=O. The number of urea groups is 1. The van der Waals surface area contributed by atoms with Crippen molar-refractivity contribution in [2.75, 3.05) is 19.8 Å². The maximum Gasteiger partial charge on any atom is 0.335 e. The number of non-ortho nitro benzene ring substituents is 1. The zero-order valence-electron chi connectivity index (χ0n) is 31.2. The van der Waals surface area contributed by atoms with Crippen LogP contribution in [0.2, 0.25) is 0 Å². The molecule has 0 unspecified atom stereocenters. The Bertz CT molecular complexity index is 1670. The first-order valence-electron chi connectivity index (χ1n) is 18.5. The molecule has 1 aromatic heterocycles. The number of carbonyl (C=O) groups excluding carboxylic acids is 3. The normalized spacial score (nSPS) is 15.4. The molecule has 302 valence electrons. The van der Waals surface area contributed by atoms with E-state index in [1.165, 1.54) is 26.0 Å². The monoisotopic (exact) mass is 775 g/mol. The molecule has 55 heavy (non-hydrogen) atoms. The van der Waals surface area contributed by atoms with E-state index >= 15 is 0 Å². The third-order valence-corrected chi connectivity index (χ3v) is 9.97. The van der Waals surface area contributed by atoms with Gasteiger partial charge in [0.2, 0.25) is 11.8 Å². The molecule has 1 aliphatic rings. The minimum atomic E-state index is -1.94. The number of hydrogen-bond acceptors (Lipinski definition) is 11. The Kier molecular flexibility index (Phi) is 16.8. The van der Waals surface area contributed by atoms with Gasteiger partial charge in [-0.15, -0.1) is 5.10 Å². The molecular formula is C36H50FN7O11. The van der Waals surface area contributed by atoms with Gasteiger partial charge in [-0.3, -0.25) is 38.5 Å². The van der Waals surface area contributed by atoms with E-state index in [0.29, 0.717) is 55.2 Å². The molecule has 1 aliphatic heterocycles. The fourth-order valence-electron chi connectivity index (χ4n) is 6.75. The largest absolute Gasteiger partial charge is 0.481 e. The Hall–Kier alpha value is -5.33. The van der Waals surface area contributed by atoms with Gasteiger partial charge in [0.05, 0.1) is 17.3 Å². The lowest BCUT2D eigenvalue weighted by atomic mass is 9.77. The first-order valence-corrected chi connectivity index (χ1v) is 18.5. The number of unbranched alkanes of at least 4 members (excludes halogenated alkanes) is 3. The number of amides is 4. The Morgan fingerprint density at radius 3 is 1.98 bits per heavy atom. The topological polar surface area (TPSA) is 247 Å². The number of alkyl halides is 1. The van der Waals surface area contributed by atoms with Gasteiger partial charge < -0.3 is 15.3 Å². The van der Waals surface area contributed by atoms with E-state index in [4.69, 9.17) is 5.11 Å². The summed E-state index contributed by atoms with van der Waals surface area (Å²) in [5.41, 5.74) is -0.430. The van der Waals surface area contributed by atoms with E-state index in [1.54, 1.807) is 23.0 Å². The predicted molar refractivity (Wildman–Crippen MR) is 192 cm³/mol. The van der Waals surface area contributed by atoms with Gasteiger partial charge in [-0.05, 0) is 82.9 Å². The fraction of sp³-hybridized carbons (Fsp3) is 0.611. The molecule has 3 N–H and O–H groups in total. The highest BCUT2D eigenvalue weighted by molar-refractivity contribution is 6.21. The lowest BCUT2D eigenvalue weighted by molar-refractivity contribution is -0.384. The number of aromatic nitrogens is 3. The summed E-state index contributed by atoms with van der Waals surface area (Å²) in [6, 6.07) is 1.05. The molecular weight excluding hydrogens is 725 g/mol. The number of imide groups is 2. The Morgan fingerprint density at radius 2 is 1.45 bits per heavy atom. The summed E-state index contributed by atoms with van der Waals surface area (Å²) in [5, 5.41) is 48.7. The number of nitro benzene ring substituents is 1. The summed E-state index contributed by atoms with van der Waals surface area (Å²) in [6.07, 6.45) is 3.87. The quantitative estimate of drug-likeness (QED) is 0.0522. The van der Waals surface area contributed by atoms with Crippen molar-refractivity contribution in [3.63, 3.8) is 0 Å². The summed E-state index contributed by atoms with van der Waals surface area (Å²) in [6.45, 7) is 4.71. The lowest BCUT2D eigenvalue weighted by Gasteiger charge is -2.46. The second-order valence-corrected chi connectivity index (χ2v) is 13.6.